The largest absolute Gasteiger partial charge is 0.483 e. The van der Waals surface area contributed by atoms with Gasteiger partial charge in [0.2, 0.25) is 0 Å². The number of benzene rings is 3. The van der Waals surface area contributed by atoms with Gasteiger partial charge >= 0.3 is 6.11 Å². The Morgan fingerprint density at radius 1 is 0.750 bits per heavy atom. The molecule has 0 atom stereocenters. The van der Waals surface area contributed by atoms with Gasteiger partial charge in [-0.3, -0.25) is 0 Å². The van der Waals surface area contributed by atoms with Crippen LogP contribution in [0.25, 0.3) is 11.1 Å². The second-order valence-corrected chi connectivity index (χ2v) is 7.41. The maximum absolute atomic E-state index is 14.0. The van der Waals surface area contributed by atoms with Gasteiger partial charge in [-0.25, -0.2) is 13.2 Å². The van der Waals surface area contributed by atoms with Crippen LogP contribution in [-0.4, -0.2) is 12.7 Å². The first-order chi connectivity index (χ1) is 15.3. The van der Waals surface area contributed by atoms with E-state index in [0.717, 1.165) is 24.0 Å². The van der Waals surface area contributed by atoms with E-state index in [0.29, 0.717) is 12.1 Å². The molecule has 0 radical (unpaired) electrons. The molecule has 0 aliphatic heterocycles. The van der Waals surface area contributed by atoms with Crippen LogP contribution < -0.4 is 9.47 Å². The average molecular weight is 450 g/mol. The van der Waals surface area contributed by atoms with E-state index in [1.165, 1.54) is 30.5 Å². The average Bonchev–Trinajstić information content (AvgIpc) is 2.77. The Morgan fingerprint density at radius 3 is 1.88 bits per heavy atom. The van der Waals surface area contributed by atoms with Gasteiger partial charge in [-0.05, 0) is 41.7 Å². The highest BCUT2D eigenvalue weighted by Crippen LogP contribution is 2.27. The predicted octanol–water partition coefficient (Wildman–Crippen LogP) is 7.55. The van der Waals surface area contributed by atoms with Crippen molar-refractivity contribution >= 4 is 0 Å². The van der Waals surface area contributed by atoms with E-state index in [2.05, 4.69) is 23.8 Å². The quantitative estimate of drug-likeness (QED) is 0.180. The summed E-state index contributed by atoms with van der Waals surface area (Å²) in [5.74, 6) is -5.68. The number of unbranched alkanes of at least 4 members (excludes halogenated alkanes) is 2. The Kier molecular flexibility index (Phi) is 7.72. The van der Waals surface area contributed by atoms with Gasteiger partial charge in [-0.2, -0.15) is 8.78 Å². The first kappa shape index (κ1) is 23.6. The molecule has 0 bridgehead atoms. The molecule has 0 aliphatic carbocycles. The molecule has 3 aromatic carbocycles. The molecule has 0 saturated carbocycles. The van der Waals surface area contributed by atoms with Gasteiger partial charge in [0, 0.05) is 12.1 Å². The van der Waals surface area contributed by atoms with Crippen LogP contribution in [0.5, 0.6) is 11.5 Å². The Morgan fingerprint density at radius 2 is 1.31 bits per heavy atom. The van der Waals surface area contributed by atoms with E-state index >= 15 is 0 Å². The summed E-state index contributed by atoms with van der Waals surface area (Å²) in [6.45, 7) is 0.970. The lowest BCUT2D eigenvalue weighted by atomic mass is 10.0. The molecule has 3 aromatic rings. The Labute approximate surface area is 183 Å². The lowest BCUT2D eigenvalue weighted by Crippen LogP contribution is -2.32. The molecule has 0 aliphatic rings. The Bertz CT molecular complexity index is 995. The molecule has 32 heavy (non-hydrogen) atoms. The van der Waals surface area contributed by atoms with Gasteiger partial charge < -0.3 is 9.47 Å². The number of alkyl halides is 2. The number of rotatable bonds is 10. The molecule has 0 spiro atoms. The number of ether oxygens (including phenoxy) is 2. The van der Waals surface area contributed by atoms with Crippen LogP contribution in [-0.2, 0) is 6.42 Å². The van der Waals surface area contributed by atoms with Gasteiger partial charge in [-0.15, -0.1) is 0 Å². The number of halogens is 5. The first-order valence-electron chi connectivity index (χ1n) is 10.3. The van der Waals surface area contributed by atoms with E-state index < -0.39 is 35.9 Å². The van der Waals surface area contributed by atoms with Crippen molar-refractivity contribution in [3.8, 4) is 22.6 Å². The van der Waals surface area contributed by atoms with Crippen LogP contribution >= 0.6 is 0 Å². The molecule has 0 N–H and O–H groups in total. The van der Waals surface area contributed by atoms with Crippen molar-refractivity contribution in [1.82, 2.24) is 0 Å². The molecular weight excluding hydrogens is 427 g/mol. The SMILES string of the molecule is CCCCCc1ccc(-c2ccc(OCC(F)(F)Oc3cc(F)c(F)c(F)c3)cc2)cc1. The van der Waals surface area contributed by atoms with Crippen LogP contribution in [0, 0.1) is 17.5 Å². The van der Waals surface area contributed by atoms with Crippen LogP contribution in [0.2, 0.25) is 0 Å². The summed E-state index contributed by atoms with van der Waals surface area (Å²) >= 11 is 0. The second-order valence-electron chi connectivity index (χ2n) is 7.41. The lowest BCUT2D eigenvalue weighted by molar-refractivity contribution is -0.195. The third-order valence-electron chi connectivity index (χ3n) is 4.84. The Hall–Kier alpha value is -3.09. The minimum atomic E-state index is -3.89. The molecule has 170 valence electrons. The standard InChI is InChI=1S/C25H23F5O2/c1-2-3-4-5-17-6-8-18(9-7-17)19-10-12-20(13-11-19)31-16-25(29,30)32-21-14-22(26)24(28)23(27)15-21/h6-15H,2-5,16H2,1H3. The van der Waals surface area contributed by atoms with Crippen LogP contribution in [0.3, 0.4) is 0 Å². The zero-order chi connectivity index (χ0) is 23.1. The van der Waals surface area contributed by atoms with Gasteiger partial charge in [0.05, 0.1) is 0 Å². The molecule has 0 fully saturated rings. The first-order valence-corrected chi connectivity index (χ1v) is 10.3. The fourth-order valence-corrected chi connectivity index (χ4v) is 3.15. The van der Waals surface area contributed by atoms with E-state index in [1.54, 1.807) is 12.1 Å². The molecule has 0 saturated heterocycles. The van der Waals surface area contributed by atoms with Crippen molar-refractivity contribution in [3.05, 3.63) is 83.7 Å². The van der Waals surface area contributed by atoms with Crippen molar-refractivity contribution in [1.29, 1.82) is 0 Å². The van der Waals surface area contributed by atoms with E-state index in [-0.39, 0.29) is 5.75 Å². The second kappa shape index (κ2) is 10.5. The third kappa shape index (κ3) is 6.45. The van der Waals surface area contributed by atoms with Gasteiger partial charge in [-0.1, -0.05) is 56.2 Å². The minimum absolute atomic E-state index is 0.171. The number of aryl methyl sites for hydroxylation is 1. The van der Waals surface area contributed by atoms with Crippen LogP contribution in [0.1, 0.15) is 31.7 Å². The topological polar surface area (TPSA) is 18.5 Å². The highest BCUT2D eigenvalue weighted by atomic mass is 19.3. The zero-order valence-corrected chi connectivity index (χ0v) is 17.5. The number of hydrogen-bond acceptors (Lipinski definition) is 2. The fraction of sp³-hybridized carbons (Fsp3) is 0.280. The van der Waals surface area contributed by atoms with E-state index in [1.807, 2.05) is 12.1 Å². The van der Waals surface area contributed by atoms with Gasteiger partial charge in [0.25, 0.3) is 0 Å². The summed E-state index contributed by atoms with van der Waals surface area (Å²) in [5.41, 5.74) is 3.16. The summed E-state index contributed by atoms with van der Waals surface area (Å²) in [4.78, 5) is 0. The van der Waals surface area contributed by atoms with Crippen molar-refractivity contribution in [2.45, 2.75) is 38.7 Å². The molecule has 3 rings (SSSR count). The van der Waals surface area contributed by atoms with Crippen LogP contribution in [0.15, 0.2) is 60.7 Å². The zero-order valence-electron chi connectivity index (χ0n) is 17.5. The predicted molar refractivity (Wildman–Crippen MR) is 112 cm³/mol. The minimum Gasteiger partial charge on any atom is -0.483 e. The number of hydrogen-bond donors (Lipinski definition) is 0. The summed E-state index contributed by atoms with van der Waals surface area (Å²) in [5, 5.41) is 0. The smallest absolute Gasteiger partial charge is 0.433 e. The third-order valence-corrected chi connectivity index (χ3v) is 4.84. The molecular formula is C25H23F5O2. The van der Waals surface area contributed by atoms with Crippen molar-refractivity contribution in [3.63, 3.8) is 0 Å². The summed E-state index contributed by atoms with van der Waals surface area (Å²) in [7, 11) is 0. The lowest BCUT2D eigenvalue weighted by Gasteiger charge is -2.18. The van der Waals surface area contributed by atoms with Gasteiger partial charge in [0.1, 0.15) is 11.5 Å². The van der Waals surface area contributed by atoms with Crippen LogP contribution in [0.4, 0.5) is 22.0 Å². The summed E-state index contributed by atoms with van der Waals surface area (Å²) < 4.78 is 76.5. The molecule has 0 amide bonds. The van der Waals surface area contributed by atoms with E-state index in [9.17, 15) is 22.0 Å². The molecule has 0 unspecified atom stereocenters. The van der Waals surface area contributed by atoms with Crippen molar-refractivity contribution in [2.24, 2.45) is 0 Å². The highest BCUT2D eigenvalue weighted by Gasteiger charge is 2.34. The molecule has 2 nitrogen and oxygen atoms in total. The monoisotopic (exact) mass is 450 g/mol. The molecule has 7 heteroatoms. The summed E-state index contributed by atoms with van der Waals surface area (Å²) in [6, 6.07) is 15.4. The maximum atomic E-state index is 14.0. The van der Waals surface area contributed by atoms with E-state index in [4.69, 9.17) is 4.74 Å². The summed E-state index contributed by atoms with van der Waals surface area (Å²) in [6.07, 6.45) is 0.678. The van der Waals surface area contributed by atoms with Crippen molar-refractivity contribution < 1.29 is 31.4 Å². The fourth-order valence-electron chi connectivity index (χ4n) is 3.15. The Balaban J connectivity index is 1.57. The van der Waals surface area contributed by atoms with Crippen molar-refractivity contribution in [2.75, 3.05) is 6.61 Å². The van der Waals surface area contributed by atoms with Gasteiger partial charge in [0.15, 0.2) is 24.1 Å². The maximum Gasteiger partial charge on any atom is 0.433 e. The molecule has 0 heterocycles. The normalized spacial score (nSPS) is 11.4. The highest BCUT2D eigenvalue weighted by molar-refractivity contribution is 5.64. The molecule has 0 aromatic heterocycles.